The second-order valence-corrected chi connectivity index (χ2v) is 7.20. The molecule has 0 unspecified atom stereocenters. The summed E-state index contributed by atoms with van der Waals surface area (Å²) in [4.78, 5) is 18.6. The molecule has 0 radical (unpaired) electrons. The molecular formula is C20H18N4O3S. The lowest BCUT2D eigenvalue weighted by Gasteiger charge is -2.27. The number of ether oxygens (including phenoxy) is 1. The quantitative estimate of drug-likeness (QED) is 0.618. The van der Waals surface area contributed by atoms with Gasteiger partial charge >= 0.3 is 0 Å². The first-order valence-corrected chi connectivity index (χ1v) is 9.81. The van der Waals surface area contributed by atoms with Crippen molar-refractivity contribution in [2.45, 2.75) is 25.2 Å². The van der Waals surface area contributed by atoms with Gasteiger partial charge in [0.05, 0.1) is 12.0 Å². The number of anilines is 1. The molecule has 0 saturated carbocycles. The number of amides is 1. The van der Waals surface area contributed by atoms with Gasteiger partial charge in [0.2, 0.25) is 23.2 Å². The minimum atomic E-state index is -0.707. The minimum Gasteiger partial charge on any atom is -0.465 e. The van der Waals surface area contributed by atoms with Crippen LogP contribution in [0, 0.1) is 0 Å². The molecule has 3 aromatic rings. The lowest BCUT2D eigenvalue weighted by molar-refractivity contribution is -0.117. The van der Waals surface area contributed by atoms with Gasteiger partial charge in [-0.15, -0.1) is 10.2 Å². The summed E-state index contributed by atoms with van der Waals surface area (Å²) < 4.78 is 11.5. The van der Waals surface area contributed by atoms with E-state index in [-0.39, 0.29) is 5.91 Å². The lowest BCUT2D eigenvalue weighted by Crippen LogP contribution is -2.41. The summed E-state index contributed by atoms with van der Waals surface area (Å²) in [5, 5.41) is 9.06. The number of carbonyl (C=O) groups is 1. The van der Waals surface area contributed by atoms with Crippen molar-refractivity contribution in [1.82, 2.24) is 15.2 Å². The van der Waals surface area contributed by atoms with Crippen molar-refractivity contribution in [2.24, 2.45) is 0 Å². The van der Waals surface area contributed by atoms with E-state index in [1.54, 1.807) is 29.4 Å². The van der Waals surface area contributed by atoms with Crippen molar-refractivity contribution in [3.8, 4) is 17.1 Å². The van der Waals surface area contributed by atoms with Crippen molar-refractivity contribution < 1.29 is 13.9 Å². The van der Waals surface area contributed by atoms with Gasteiger partial charge in [-0.05, 0) is 36.1 Å². The Bertz CT molecular complexity index is 1020. The molecular weight excluding hydrogens is 376 g/mol. The van der Waals surface area contributed by atoms with E-state index in [0.29, 0.717) is 28.2 Å². The van der Waals surface area contributed by atoms with Crippen molar-refractivity contribution in [1.29, 1.82) is 0 Å². The normalized spacial score (nSPS) is 15.6. The highest BCUT2D eigenvalue weighted by molar-refractivity contribution is 7.99. The maximum absolute atomic E-state index is 12.5. The van der Waals surface area contributed by atoms with E-state index in [0.717, 1.165) is 11.3 Å². The molecule has 28 heavy (non-hydrogen) atoms. The molecule has 0 saturated heterocycles. The van der Waals surface area contributed by atoms with Gasteiger partial charge in [-0.25, -0.2) is 0 Å². The van der Waals surface area contributed by atoms with E-state index in [1.165, 1.54) is 18.7 Å². The predicted octanol–water partition coefficient (Wildman–Crippen LogP) is 4.03. The fourth-order valence-electron chi connectivity index (χ4n) is 2.96. The number of thioether (sulfide) groups is 1. The third-order valence-electron chi connectivity index (χ3n) is 4.12. The number of para-hydroxylation sites is 1. The zero-order chi connectivity index (χ0) is 19.5. The Labute approximate surface area is 166 Å². The first-order chi connectivity index (χ1) is 13.7. The van der Waals surface area contributed by atoms with Crippen LogP contribution in [0.15, 0.2) is 58.3 Å². The van der Waals surface area contributed by atoms with Gasteiger partial charge < -0.3 is 9.15 Å². The highest BCUT2D eigenvalue weighted by Gasteiger charge is 2.32. The molecule has 3 heterocycles. The fourth-order valence-corrected chi connectivity index (χ4v) is 3.47. The van der Waals surface area contributed by atoms with Crippen LogP contribution in [-0.2, 0) is 4.79 Å². The van der Waals surface area contributed by atoms with Gasteiger partial charge in [-0.3, -0.25) is 9.69 Å². The summed E-state index contributed by atoms with van der Waals surface area (Å²) in [6.07, 6.45) is 4.42. The fraction of sp³-hybridized carbons (Fsp3) is 0.200. The third-order valence-corrected chi connectivity index (χ3v) is 4.84. The lowest BCUT2D eigenvalue weighted by atomic mass is 10.1. The summed E-state index contributed by atoms with van der Waals surface area (Å²) in [5.41, 5.74) is 1.95. The van der Waals surface area contributed by atoms with Crippen LogP contribution in [0.5, 0.6) is 5.88 Å². The van der Waals surface area contributed by atoms with E-state index in [1.807, 2.05) is 37.3 Å². The van der Waals surface area contributed by atoms with Crippen LogP contribution in [0.1, 0.15) is 19.6 Å². The third kappa shape index (κ3) is 3.50. The second-order valence-electron chi connectivity index (χ2n) is 5.97. The topological polar surface area (TPSA) is 81.3 Å². The number of rotatable bonds is 4. The zero-order valence-electron chi connectivity index (χ0n) is 15.4. The smallest absolute Gasteiger partial charge is 0.247 e. The zero-order valence-corrected chi connectivity index (χ0v) is 16.2. The van der Waals surface area contributed by atoms with E-state index in [9.17, 15) is 4.79 Å². The molecule has 0 aliphatic carbocycles. The van der Waals surface area contributed by atoms with E-state index >= 15 is 0 Å². The summed E-state index contributed by atoms with van der Waals surface area (Å²) >= 11 is 1.48. The number of nitrogens with zero attached hydrogens (tertiary/aromatic N) is 4. The number of hydrogen-bond acceptors (Lipinski definition) is 7. The average molecular weight is 394 g/mol. The van der Waals surface area contributed by atoms with Gasteiger partial charge in [0, 0.05) is 12.5 Å². The Hall–Kier alpha value is -3.13. The van der Waals surface area contributed by atoms with Crippen molar-refractivity contribution in [3.05, 3.63) is 54.5 Å². The standard InChI is InChI=1S/C20H18N4O3S/c1-3-28-20-21-19-18(22-23-20)15-8-4-5-9-16(15)24(13(2)25)17(27-19)11-10-14-7-6-12-26-14/h4-12,17H,3H2,1-2H3/b11-10+/t17-/m1/s1. The molecule has 1 aliphatic heterocycles. The maximum Gasteiger partial charge on any atom is 0.247 e. The van der Waals surface area contributed by atoms with Crippen LogP contribution in [0.25, 0.3) is 17.3 Å². The van der Waals surface area contributed by atoms with Gasteiger partial charge in [0.25, 0.3) is 0 Å². The van der Waals surface area contributed by atoms with Crippen molar-refractivity contribution >= 4 is 29.4 Å². The molecule has 2 aromatic heterocycles. The van der Waals surface area contributed by atoms with E-state index in [4.69, 9.17) is 9.15 Å². The highest BCUT2D eigenvalue weighted by Crippen LogP contribution is 2.39. The molecule has 0 spiro atoms. The van der Waals surface area contributed by atoms with E-state index in [2.05, 4.69) is 15.2 Å². The van der Waals surface area contributed by atoms with Gasteiger partial charge in [0.15, 0.2) is 5.69 Å². The molecule has 7 nitrogen and oxygen atoms in total. The molecule has 4 rings (SSSR count). The highest BCUT2D eigenvalue weighted by atomic mass is 32.2. The first kappa shape index (κ1) is 18.2. The molecule has 0 bridgehead atoms. The molecule has 1 amide bonds. The molecule has 1 aromatic carbocycles. The molecule has 8 heteroatoms. The SMILES string of the molecule is CCSc1nnc2c(n1)O[C@H](/C=C/c1ccco1)N(C(C)=O)c1ccccc1-2. The molecule has 0 fully saturated rings. The predicted molar refractivity (Wildman–Crippen MR) is 107 cm³/mol. The van der Waals surface area contributed by atoms with E-state index < -0.39 is 6.23 Å². The number of hydrogen-bond donors (Lipinski definition) is 0. The van der Waals surface area contributed by atoms with Crippen LogP contribution in [0.2, 0.25) is 0 Å². The molecule has 142 valence electrons. The van der Waals surface area contributed by atoms with Gasteiger partial charge in [0.1, 0.15) is 5.76 Å². The van der Waals surface area contributed by atoms with Gasteiger partial charge in [-0.1, -0.05) is 36.9 Å². The Morgan fingerprint density at radius 3 is 2.86 bits per heavy atom. The van der Waals surface area contributed by atoms with Crippen molar-refractivity contribution in [3.63, 3.8) is 0 Å². The van der Waals surface area contributed by atoms with Gasteiger partial charge in [-0.2, -0.15) is 4.98 Å². The van der Waals surface area contributed by atoms with Crippen LogP contribution in [0.3, 0.4) is 0 Å². The number of aromatic nitrogens is 3. The molecule has 0 N–H and O–H groups in total. The van der Waals surface area contributed by atoms with Crippen LogP contribution in [0.4, 0.5) is 5.69 Å². The number of carbonyl (C=O) groups excluding carboxylic acids is 1. The van der Waals surface area contributed by atoms with Crippen LogP contribution < -0.4 is 9.64 Å². The number of furan rings is 1. The Morgan fingerprint density at radius 1 is 1.25 bits per heavy atom. The van der Waals surface area contributed by atoms with Crippen LogP contribution in [-0.4, -0.2) is 33.1 Å². The summed E-state index contributed by atoms with van der Waals surface area (Å²) in [5.74, 6) is 1.66. The average Bonchev–Trinajstić information content (AvgIpc) is 3.16. The Morgan fingerprint density at radius 2 is 2.11 bits per heavy atom. The van der Waals surface area contributed by atoms with Crippen molar-refractivity contribution in [2.75, 3.05) is 10.7 Å². The summed E-state index contributed by atoms with van der Waals surface area (Å²) in [6.45, 7) is 3.52. The second kappa shape index (κ2) is 7.85. The Balaban J connectivity index is 1.85. The number of fused-ring (bicyclic) bond motifs is 3. The number of benzene rings is 1. The molecule has 1 atom stereocenters. The summed E-state index contributed by atoms with van der Waals surface area (Å²) in [7, 11) is 0. The minimum absolute atomic E-state index is 0.162. The Kier molecular flexibility index (Phi) is 5.12. The van der Waals surface area contributed by atoms with Crippen LogP contribution >= 0.6 is 11.8 Å². The first-order valence-electron chi connectivity index (χ1n) is 8.82. The summed E-state index contributed by atoms with van der Waals surface area (Å²) in [6, 6.07) is 11.1. The maximum atomic E-state index is 12.5. The largest absolute Gasteiger partial charge is 0.465 e. The monoisotopic (exact) mass is 394 g/mol. The molecule has 1 aliphatic rings.